The first kappa shape index (κ1) is 15.0. The Morgan fingerprint density at radius 3 is 3.05 bits per heavy atom. The van der Waals surface area contributed by atoms with Gasteiger partial charge < -0.3 is 9.47 Å². The number of morpholine rings is 1. The minimum absolute atomic E-state index is 0.102. The van der Waals surface area contributed by atoms with E-state index < -0.39 is 0 Å². The average molecular weight is 308 g/mol. The molecular formula is C17H22ClNO2. The zero-order valence-corrected chi connectivity index (χ0v) is 13.2. The molecule has 1 saturated heterocycles. The minimum Gasteiger partial charge on any atom is -0.377 e. The third-order valence-electron chi connectivity index (χ3n) is 4.17. The Kier molecular flexibility index (Phi) is 4.96. The van der Waals surface area contributed by atoms with Crippen LogP contribution in [-0.4, -0.2) is 43.9 Å². The largest absolute Gasteiger partial charge is 0.377 e. The number of rotatable bonds is 3. The zero-order chi connectivity index (χ0) is 14.7. The monoisotopic (exact) mass is 307 g/mol. The van der Waals surface area contributed by atoms with Crippen LogP contribution in [0.3, 0.4) is 0 Å². The average Bonchev–Trinajstić information content (AvgIpc) is 2.50. The molecule has 2 heterocycles. The van der Waals surface area contributed by atoms with Gasteiger partial charge in [0.2, 0.25) is 0 Å². The Hall–Kier alpha value is -0.870. The van der Waals surface area contributed by atoms with Crippen LogP contribution in [0.2, 0.25) is 5.02 Å². The lowest BCUT2D eigenvalue weighted by Crippen LogP contribution is -2.46. The molecule has 3 nitrogen and oxygen atoms in total. The molecule has 0 N–H and O–H groups in total. The molecule has 0 aliphatic carbocycles. The number of hydrogen-bond acceptors (Lipinski definition) is 3. The smallest absolute Gasteiger partial charge is 0.0953 e. The second-order valence-electron chi connectivity index (χ2n) is 5.86. The summed E-state index contributed by atoms with van der Waals surface area (Å²) >= 11 is 6.09. The summed E-state index contributed by atoms with van der Waals surface area (Å²) in [5, 5.41) is 0.768. The molecule has 1 fully saturated rings. The fourth-order valence-electron chi connectivity index (χ4n) is 2.91. The molecule has 1 aromatic rings. The summed E-state index contributed by atoms with van der Waals surface area (Å²) in [6.45, 7) is 6.48. The first-order chi connectivity index (χ1) is 10.2. The van der Waals surface area contributed by atoms with Crippen molar-refractivity contribution in [3.63, 3.8) is 0 Å². The summed E-state index contributed by atoms with van der Waals surface area (Å²) < 4.78 is 11.5. The maximum atomic E-state index is 6.09. The first-order valence-electron chi connectivity index (χ1n) is 7.59. The molecule has 0 aromatic heterocycles. The molecule has 3 rings (SSSR count). The second kappa shape index (κ2) is 6.93. The Balaban J connectivity index is 1.68. The number of nitrogens with zero attached hydrogens (tertiary/aromatic N) is 1. The molecule has 114 valence electrons. The lowest BCUT2D eigenvalue weighted by molar-refractivity contribution is -0.0577. The summed E-state index contributed by atoms with van der Waals surface area (Å²) in [6, 6.07) is 8.42. The summed E-state index contributed by atoms with van der Waals surface area (Å²) in [5.41, 5.74) is 2.55. The molecule has 21 heavy (non-hydrogen) atoms. The maximum absolute atomic E-state index is 6.09. The Morgan fingerprint density at radius 2 is 2.29 bits per heavy atom. The van der Waals surface area contributed by atoms with Crippen LogP contribution in [0.25, 0.3) is 0 Å². The van der Waals surface area contributed by atoms with E-state index in [1.54, 1.807) is 0 Å². The van der Waals surface area contributed by atoms with Crippen LogP contribution in [0.5, 0.6) is 0 Å². The van der Waals surface area contributed by atoms with Gasteiger partial charge in [0.15, 0.2) is 0 Å². The molecule has 4 heteroatoms. The van der Waals surface area contributed by atoms with Gasteiger partial charge in [-0.25, -0.2) is 0 Å². The van der Waals surface area contributed by atoms with E-state index in [0.29, 0.717) is 6.04 Å². The molecule has 0 amide bonds. The van der Waals surface area contributed by atoms with Crippen molar-refractivity contribution in [2.45, 2.75) is 25.5 Å². The molecule has 0 radical (unpaired) electrons. The van der Waals surface area contributed by atoms with Gasteiger partial charge in [0.05, 0.1) is 25.9 Å². The highest BCUT2D eigenvalue weighted by Crippen LogP contribution is 2.27. The number of benzene rings is 1. The summed E-state index contributed by atoms with van der Waals surface area (Å²) in [4.78, 5) is 2.48. The SMILES string of the molecule is C[C@@H]1CO[C@H](c2cccc(Cl)c2)CN1CC1=CCCOC1. The highest BCUT2D eigenvalue weighted by atomic mass is 35.5. The molecule has 2 aliphatic heterocycles. The highest BCUT2D eigenvalue weighted by molar-refractivity contribution is 6.30. The quantitative estimate of drug-likeness (QED) is 0.798. The van der Waals surface area contributed by atoms with Crippen molar-refractivity contribution in [1.82, 2.24) is 4.90 Å². The van der Waals surface area contributed by atoms with Crippen LogP contribution in [0, 0.1) is 0 Å². The van der Waals surface area contributed by atoms with Crippen molar-refractivity contribution in [3.05, 3.63) is 46.5 Å². The maximum Gasteiger partial charge on any atom is 0.0953 e. The Morgan fingerprint density at radius 1 is 1.38 bits per heavy atom. The van der Waals surface area contributed by atoms with Crippen LogP contribution in [0.1, 0.15) is 25.0 Å². The van der Waals surface area contributed by atoms with Gasteiger partial charge >= 0.3 is 0 Å². The Bertz CT molecular complexity index is 517. The second-order valence-corrected chi connectivity index (χ2v) is 6.30. The fraction of sp³-hybridized carbons (Fsp3) is 0.529. The number of halogens is 1. The molecule has 0 unspecified atom stereocenters. The van der Waals surface area contributed by atoms with E-state index in [0.717, 1.165) is 49.9 Å². The molecule has 0 spiro atoms. The molecule has 1 aromatic carbocycles. The van der Waals surface area contributed by atoms with E-state index in [1.807, 2.05) is 18.2 Å². The van der Waals surface area contributed by atoms with Gasteiger partial charge in [-0.2, -0.15) is 0 Å². The van der Waals surface area contributed by atoms with E-state index in [-0.39, 0.29) is 6.10 Å². The minimum atomic E-state index is 0.102. The predicted octanol–water partition coefficient (Wildman–Crippen LogP) is 3.45. The van der Waals surface area contributed by atoms with Gasteiger partial charge in [-0.05, 0) is 36.6 Å². The third kappa shape index (κ3) is 3.86. The van der Waals surface area contributed by atoms with E-state index in [1.165, 1.54) is 5.57 Å². The molecule has 2 aliphatic rings. The lowest BCUT2D eigenvalue weighted by atomic mass is 10.0. The van der Waals surface area contributed by atoms with Gasteiger partial charge in [-0.3, -0.25) is 4.90 Å². The zero-order valence-electron chi connectivity index (χ0n) is 12.4. The van der Waals surface area contributed by atoms with Gasteiger partial charge in [0.1, 0.15) is 0 Å². The van der Waals surface area contributed by atoms with Crippen molar-refractivity contribution >= 4 is 11.6 Å². The number of ether oxygens (including phenoxy) is 2. The van der Waals surface area contributed by atoms with E-state index in [4.69, 9.17) is 21.1 Å². The highest BCUT2D eigenvalue weighted by Gasteiger charge is 2.27. The lowest BCUT2D eigenvalue weighted by Gasteiger charge is -2.39. The van der Waals surface area contributed by atoms with Crippen molar-refractivity contribution in [2.75, 3.05) is 32.9 Å². The van der Waals surface area contributed by atoms with Crippen molar-refractivity contribution in [1.29, 1.82) is 0 Å². The predicted molar refractivity (Wildman–Crippen MR) is 84.7 cm³/mol. The van der Waals surface area contributed by atoms with Crippen LogP contribution in [0.15, 0.2) is 35.9 Å². The number of hydrogen-bond donors (Lipinski definition) is 0. The van der Waals surface area contributed by atoms with Crippen molar-refractivity contribution in [3.8, 4) is 0 Å². The van der Waals surface area contributed by atoms with E-state index in [9.17, 15) is 0 Å². The molecule has 0 saturated carbocycles. The van der Waals surface area contributed by atoms with Crippen LogP contribution in [0.4, 0.5) is 0 Å². The molecule has 2 atom stereocenters. The van der Waals surface area contributed by atoms with Gasteiger partial charge in [0.25, 0.3) is 0 Å². The summed E-state index contributed by atoms with van der Waals surface area (Å²) in [5.74, 6) is 0. The third-order valence-corrected chi connectivity index (χ3v) is 4.41. The topological polar surface area (TPSA) is 21.7 Å². The fourth-order valence-corrected chi connectivity index (χ4v) is 3.11. The van der Waals surface area contributed by atoms with Crippen LogP contribution in [-0.2, 0) is 9.47 Å². The Labute approximate surface area is 131 Å². The standard InChI is InChI=1S/C17H22ClNO2/c1-13-11-21-17(15-5-2-6-16(18)8-15)10-19(13)9-14-4-3-7-20-12-14/h2,4-6,8,13,17H,3,7,9-12H2,1H3/t13-,17+/m1/s1. The van der Waals surface area contributed by atoms with E-state index >= 15 is 0 Å². The molecular weight excluding hydrogens is 286 g/mol. The molecule has 0 bridgehead atoms. The van der Waals surface area contributed by atoms with E-state index in [2.05, 4.69) is 24.0 Å². The van der Waals surface area contributed by atoms with Gasteiger partial charge in [0, 0.05) is 24.2 Å². The van der Waals surface area contributed by atoms with Crippen LogP contribution < -0.4 is 0 Å². The van der Waals surface area contributed by atoms with Gasteiger partial charge in [-0.15, -0.1) is 0 Å². The van der Waals surface area contributed by atoms with Crippen molar-refractivity contribution in [2.24, 2.45) is 0 Å². The van der Waals surface area contributed by atoms with Crippen molar-refractivity contribution < 1.29 is 9.47 Å². The van der Waals surface area contributed by atoms with Crippen LogP contribution >= 0.6 is 11.6 Å². The summed E-state index contributed by atoms with van der Waals surface area (Å²) in [7, 11) is 0. The normalized spacial score (nSPS) is 27.4. The van der Waals surface area contributed by atoms with Gasteiger partial charge in [-0.1, -0.05) is 29.8 Å². The first-order valence-corrected chi connectivity index (χ1v) is 7.97. The summed E-state index contributed by atoms with van der Waals surface area (Å²) in [6.07, 6.45) is 3.45.